The van der Waals surface area contributed by atoms with Crippen molar-refractivity contribution < 1.29 is 9.53 Å². The molecular weight excluding hydrogens is 386 g/mol. The molecule has 0 fully saturated rings. The first-order valence-electron chi connectivity index (χ1n) is 9.55. The summed E-state index contributed by atoms with van der Waals surface area (Å²) in [5, 5.41) is 12.0. The third-order valence-corrected chi connectivity index (χ3v) is 5.08. The van der Waals surface area contributed by atoms with Gasteiger partial charge in [-0.25, -0.2) is 0 Å². The fourth-order valence-corrected chi connectivity index (χ4v) is 3.61. The van der Waals surface area contributed by atoms with Crippen molar-refractivity contribution in [3.63, 3.8) is 0 Å². The highest BCUT2D eigenvalue weighted by molar-refractivity contribution is 8.00. The number of rotatable bonds is 8. The number of ether oxygens (including phenoxy) is 1. The molecule has 0 spiro atoms. The largest absolute Gasteiger partial charge is 0.494 e. The number of aromatic nitrogens is 4. The molecule has 1 atom stereocenters. The molecule has 2 aromatic heterocycles. The maximum atomic E-state index is 12.4. The van der Waals surface area contributed by atoms with Crippen molar-refractivity contribution in [3.8, 4) is 22.8 Å². The third-order valence-electron chi connectivity index (χ3n) is 4.04. The van der Waals surface area contributed by atoms with Crippen LogP contribution in [-0.2, 0) is 4.79 Å². The number of benzene rings is 1. The zero-order valence-electron chi connectivity index (χ0n) is 17.0. The molecule has 3 rings (SSSR count). The van der Waals surface area contributed by atoms with E-state index < -0.39 is 0 Å². The Morgan fingerprint density at radius 3 is 2.55 bits per heavy atom. The zero-order valence-corrected chi connectivity index (χ0v) is 17.8. The van der Waals surface area contributed by atoms with Crippen LogP contribution in [0.4, 0.5) is 0 Å². The van der Waals surface area contributed by atoms with Gasteiger partial charge in [-0.2, -0.15) is 0 Å². The standard InChI is InChI=1S/C21H25N5O2S/c1-5-28-18-10-8-17(9-11-18)26-19(16-7-6-12-22-13-16)24-25-21(26)29-15(4)20(27)23-14(2)3/h6-15H,5H2,1-4H3,(H,23,27). The molecule has 0 saturated heterocycles. The van der Waals surface area contributed by atoms with Gasteiger partial charge in [0.2, 0.25) is 5.91 Å². The Hall–Kier alpha value is -2.87. The second kappa shape index (κ2) is 9.56. The van der Waals surface area contributed by atoms with Crippen molar-refractivity contribution in [2.24, 2.45) is 0 Å². The summed E-state index contributed by atoms with van der Waals surface area (Å²) in [4.78, 5) is 16.6. The number of carbonyl (C=O) groups is 1. The van der Waals surface area contributed by atoms with Crippen LogP contribution in [-0.4, -0.2) is 43.6 Å². The summed E-state index contributed by atoms with van der Waals surface area (Å²) in [6.07, 6.45) is 3.47. The van der Waals surface area contributed by atoms with Gasteiger partial charge in [0, 0.05) is 29.7 Å². The number of hydrogen-bond acceptors (Lipinski definition) is 6. The number of hydrogen-bond donors (Lipinski definition) is 1. The predicted molar refractivity (Wildman–Crippen MR) is 114 cm³/mol. The van der Waals surface area contributed by atoms with Crippen molar-refractivity contribution in [3.05, 3.63) is 48.8 Å². The van der Waals surface area contributed by atoms with E-state index in [9.17, 15) is 4.79 Å². The fraction of sp³-hybridized carbons (Fsp3) is 0.333. The van der Waals surface area contributed by atoms with Crippen molar-refractivity contribution in [1.82, 2.24) is 25.1 Å². The van der Waals surface area contributed by atoms with Crippen LogP contribution in [0.5, 0.6) is 5.75 Å². The molecule has 0 radical (unpaired) electrons. The second-order valence-electron chi connectivity index (χ2n) is 6.73. The van der Waals surface area contributed by atoms with Crippen LogP contribution in [0.2, 0.25) is 0 Å². The summed E-state index contributed by atoms with van der Waals surface area (Å²) in [6, 6.07) is 11.6. The Morgan fingerprint density at radius 1 is 1.17 bits per heavy atom. The van der Waals surface area contributed by atoms with Crippen molar-refractivity contribution >= 4 is 17.7 Å². The lowest BCUT2D eigenvalue weighted by molar-refractivity contribution is -0.120. The lowest BCUT2D eigenvalue weighted by atomic mass is 10.2. The van der Waals surface area contributed by atoms with E-state index in [2.05, 4.69) is 20.5 Å². The van der Waals surface area contributed by atoms with E-state index in [0.29, 0.717) is 17.6 Å². The summed E-state index contributed by atoms with van der Waals surface area (Å²) < 4.78 is 7.49. The Morgan fingerprint density at radius 2 is 1.93 bits per heavy atom. The Kier molecular flexibility index (Phi) is 6.87. The van der Waals surface area contributed by atoms with Gasteiger partial charge in [-0.15, -0.1) is 10.2 Å². The quantitative estimate of drug-likeness (QED) is 0.569. The summed E-state index contributed by atoms with van der Waals surface area (Å²) in [6.45, 7) is 8.31. The lowest BCUT2D eigenvalue weighted by Gasteiger charge is -2.15. The first-order valence-corrected chi connectivity index (χ1v) is 10.4. The minimum absolute atomic E-state index is 0.0332. The van der Waals surface area contributed by atoms with Gasteiger partial charge in [0.1, 0.15) is 5.75 Å². The summed E-state index contributed by atoms with van der Waals surface area (Å²) in [5.41, 5.74) is 1.73. The average Bonchev–Trinajstić information content (AvgIpc) is 3.12. The predicted octanol–water partition coefficient (Wildman–Crippen LogP) is 3.73. The van der Waals surface area contributed by atoms with Crippen LogP contribution in [0.3, 0.4) is 0 Å². The molecule has 1 N–H and O–H groups in total. The number of pyridine rings is 1. The molecule has 8 heteroatoms. The van der Waals surface area contributed by atoms with Crippen molar-refractivity contribution in [1.29, 1.82) is 0 Å². The molecule has 0 saturated carbocycles. The zero-order chi connectivity index (χ0) is 20.8. The maximum Gasteiger partial charge on any atom is 0.233 e. The van der Waals surface area contributed by atoms with E-state index in [4.69, 9.17) is 4.74 Å². The van der Waals surface area contributed by atoms with E-state index in [1.165, 1.54) is 11.8 Å². The molecule has 0 aliphatic carbocycles. The molecule has 0 aliphatic rings. The third kappa shape index (κ3) is 5.14. The monoisotopic (exact) mass is 411 g/mol. The van der Waals surface area contributed by atoms with Crippen LogP contribution in [0.1, 0.15) is 27.7 Å². The summed E-state index contributed by atoms with van der Waals surface area (Å²) in [5.74, 6) is 1.43. The van der Waals surface area contributed by atoms with Crippen molar-refractivity contribution in [2.75, 3.05) is 6.61 Å². The molecule has 152 valence electrons. The molecule has 0 bridgehead atoms. The van der Waals surface area contributed by atoms with E-state index in [1.54, 1.807) is 12.4 Å². The maximum absolute atomic E-state index is 12.4. The minimum Gasteiger partial charge on any atom is -0.494 e. The molecule has 1 amide bonds. The molecule has 0 aliphatic heterocycles. The number of nitrogens with one attached hydrogen (secondary N) is 1. The fourth-order valence-electron chi connectivity index (χ4n) is 2.73. The minimum atomic E-state index is -0.315. The highest BCUT2D eigenvalue weighted by atomic mass is 32.2. The molecule has 3 aromatic rings. The van der Waals surface area contributed by atoms with Crippen LogP contribution in [0.25, 0.3) is 17.1 Å². The smallest absolute Gasteiger partial charge is 0.233 e. The second-order valence-corrected chi connectivity index (χ2v) is 8.04. The number of amides is 1. The highest BCUT2D eigenvalue weighted by Crippen LogP contribution is 2.30. The topological polar surface area (TPSA) is 81.9 Å². The average molecular weight is 412 g/mol. The van der Waals surface area contributed by atoms with Gasteiger partial charge in [-0.05, 0) is 64.1 Å². The van der Waals surface area contributed by atoms with Crippen LogP contribution < -0.4 is 10.1 Å². The molecule has 1 aromatic carbocycles. The molecule has 7 nitrogen and oxygen atoms in total. The number of nitrogens with zero attached hydrogens (tertiary/aromatic N) is 4. The van der Waals surface area contributed by atoms with Gasteiger partial charge in [-0.3, -0.25) is 14.3 Å². The Balaban J connectivity index is 1.98. The van der Waals surface area contributed by atoms with E-state index in [1.807, 2.05) is 68.7 Å². The van der Waals surface area contributed by atoms with Crippen LogP contribution >= 0.6 is 11.8 Å². The van der Waals surface area contributed by atoms with E-state index in [0.717, 1.165) is 17.0 Å². The van der Waals surface area contributed by atoms with Gasteiger partial charge < -0.3 is 10.1 Å². The first-order chi connectivity index (χ1) is 14.0. The van der Waals surface area contributed by atoms with Gasteiger partial charge >= 0.3 is 0 Å². The first kappa shape index (κ1) is 20.9. The van der Waals surface area contributed by atoms with Gasteiger partial charge in [-0.1, -0.05) is 11.8 Å². The highest BCUT2D eigenvalue weighted by Gasteiger charge is 2.22. The van der Waals surface area contributed by atoms with Gasteiger partial charge in [0.05, 0.1) is 11.9 Å². The lowest BCUT2D eigenvalue weighted by Crippen LogP contribution is -2.36. The summed E-state index contributed by atoms with van der Waals surface area (Å²) >= 11 is 1.37. The van der Waals surface area contributed by atoms with Crippen LogP contribution in [0.15, 0.2) is 53.9 Å². The normalized spacial score (nSPS) is 12.0. The molecule has 2 heterocycles. The Labute approximate surface area is 174 Å². The van der Waals surface area contributed by atoms with E-state index in [-0.39, 0.29) is 17.2 Å². The molecule has 29 heavy (non-hydrogen) atoms. The van der Waals surface area contributed by atoms with Gasteiger partial charge in [0.15, 0.2) is 11.0 Å². The van der Waals surface area contributed by atoms with Crippen LogP contribution in [0, 0.1) is 0 Å². The van der Waals surface area contributed by atoms with E-state index >= 15 is 0 Å². The SMILES string of the molecule is CCOc1ccc(-n2c(SC(C)C(=O)NC(C)C)nnc2-c2cccnc2)cc1. The number of thioether (sulfide) groups is 1. The molecule has 1 unspecified atom stereocenters. The summed E-state index contributed by atoms with van der Waals surface area (Å²) in [7, 11) is 0. The van der Waals surface area contributed by atoms with Gasteiger partial charge in [0.25, 0.3) is 0 Å². The van der Waals surface area contributed by atoms with Crippen molar-refractivity contribution in [2.45, 2.75) is 44.1 Å². The Bertz CT molecular complexity index is 941. The molecular formula is C21H25N5O2S. The number of carbonyl (C=O) groups excluding carboxylic acids is 1.